The summed E-state index contributed by atoms with van der Waals surface area (Å²) in [6, 6.07) is 8.69. The summed E-state index contributed by atoms with van der Waals surface area (Å²) in [6.45, 7) is 0.659. The van der Waals surface area contributed by atoms with Crippen LogP contribution in [0.15, 0.2) is 36.5 Å². The van der Waals surface area contributed by atoms with Crippen molar-refractivity contribution in [3.05, 3.63) is 36.5 Å². The molecule has 1 aliphatic rings. The van der Waals surface area contributed by atoms with Crippen molar-refractivity contribution in [1.82, 2.24) is 15.2 Å². The maximum Gasteiger partial charge on any atom is 0.471 e. The lowest BCUT2D eigenvalue weighted by atomic mass is 10.1. The highest BCUT2D eigenvalue weighted by Gasteiger charge is 2.39. The van der Waals surface area contributed by atoms with Crippen molar-refractivity contribution in [2.45, 2.75) is 31.5 Å². The fourth-order valence-corrected chi connectivity index (χ4v) is 3.76. The first-order chi connectivity index (χ1) is 13.3. The number of thiazole rings is 1. The van der Waals surface area contributed by atoms with Crippen LogP contribution >= 0.6 is 11.3 Å². The summed E-state index contributed by atoms with van der Waals surface area (Å²) in [5, 5.41) is 5.19. The Morgan fingerprint density at radius 2 is 1.89 bits per heavy atom. The van der Waals surface area contributed by atoms with Crippen LogP contribution in [-0.2, 0) is 4.79 Å². The molecule has 6 nitrogen and oxygen atoms in total. The van der Waals surface area contributed by atoms with E-state index in [1.165, 1.54) is 16.2 Å². The minimum Gasteiger partial charge on any atom is -0.345 e. The zero-order valence-electron chi connectivity index (χ0n) is 14.8. The van der Waals surface area contributed by atoms with E-state index < -0.39 is 18.1 Å². The summed E-state index contributed by atoms with van der Waals surface area (Å²) in [7, 11) is 0. The molecule has 1 fully saturated rings. The largest absolute Gasteiger partial charge is 0.471 e. The number of aromatic nitrogens is 1. The van der Waals surface area contributed by atoms with Gasteiger partial charge in [-0.2, -0.15) is 13.2 Å². The van der Waals surface area contributed by atoms with Gasteiger partial charge in [-0.3, -0.25) is 10.1 Å². The number of alkyl halides is 3. The lowest BCUT2D eigenvalue weighted by Gasteiger charge is -2.20. The molecule has 1 atom stereocenters. The third-order valence-electron chi connectivity index (χ3n) is 4.39. The van der Waals surface area contributed by atoms with Crippen LogP contribution in [0.1, 0.15) is 19.3 Å². The van der Waals surface area contributed by atoms with Crippen molar-refractivity contribution in [1.29, 1.82) is 0 Å². The average Bonchev–Trinajstić information content (AvgIpc) is 2.99. The van der Waals surface area contributed by atoms with Gasteiger partial charge in [-0.15, -0.1) is 0 Å². The smallest absolute Gasteiger partial charge is 0.345 e. The first-order valence-corrected chi connectivity index (χ1v) is 9.59. The van der Waals surface area contributed by atoms with Crippen LogP contribution in [0, 0.1) is 0 Å². The Kier molecular flexibility index (Phi) is 6.18. The second-order valence-corrected chi connectivity index (χ2v) is 7.44. The van der Waals surface area contributed by atoms with Gasteiger partial charge in [-0.25, -0.2) is 9.78 Å². The Balaban J connectivity index is 1.54. The Hall–Kier alpha value is -2.62. The van der Waals surface area contributed by atoms with E-state index >= 15 is 0 Å². The van der Waals surface area contributed by atoms with Gasteiger partial charge in [0, 0.05) is 25.3 Å². The van der Waals surface area contributed by atoms with E-state index in [0.29, 0.717) is 24.5 Å². The van der Waals surface area contributed by atoms with Crippen LogP contribution in [0.4, 0.5) is 23.1 Å². The van der Waals surface area contributed by atoms with Gasteiger partial charge in [0.15, 0.2) is 5.13 Å². The monoisotopic (exact) mass is 412 g/mol. The molecule has 2 heterocycles. The number of hydrogen-bond acceptors (Lipinski definition) is 4. The maximum atomic E-state index is 12.5. The van der Waals surface area contributed by atoms with Gasteiger partial charge in [-0.05, 0) is 24.8 Å². The van der Waals surface area contributed by atoms with E-state index in [1.807, 2.05) is 35.6 Å². The van der Waals surface area contributed by atoms with Crippen molar-refractivity contribution in [3.8, 4) is 10.4 Å². The Bertz CT molecular complexity index is 826. The van der Waals surface area contributed by atoms with Gasteiger partial charge in [0.25, 0.3) is 0 Å². The van der Waals surface area contributed by atoms with Gasteiger partial charge in [0.05, 0.1) is 4.88 Å². The normalized spacial score (nSPS) is 17.7. The van der Waals surface area contributed by atoms with Crippen molar-refractivity contribution in [2.24, 2.45) is 0 Å². The number of carbonyl (C=O) groups excluding carboxylic acids is 2. The fourth-order valence-electron chi connectivity index (χ4n) is 2.95. The van der Waals surface area contributed by atoms with Crippen LogP contribution in [0.2, 0.25) is 0 Å². The second kappa shape index (κ2) is 8.59. The van der Waals surface area contributed by atoms with Gasteiger partial charge in [0.2, 0.25) is 0 Å². The minimum atomic E-state index is -4.90. The van der Waals surface area contributed by atoms with Crippen LogP contribution in [0.3, 0.4) is 0 Å². The van der Waals surface area contributed by atoms with Crippen molar-refractivity contribution >= 4 is 28.4 Å². The minimum absolute atomic E-state index is 0.256. The summed E-state index contributed by atoms with van der Waals surface area (Å²) >= 11 is 1.34. The van der Waals surface area contributed by atoms with Crippen LogP contribution in [0.5, 0.6) is 0 Å². The number of hydrogen-bond donors (Lipinski definition) is 2. The van der Waals surface area contributed by atoms with E-state index in [4.69, 9.17) is 0 Å². The molecule has 1 unspecified atom stereocenters. The molecule has 150 valence electrons. The molecule has 0 radical (unpaired) electrons. The molecule has 1 aromatic carbocycles. The van der Waals surface area contributed by atoms with Crippen LogP contribution in [0.25, 0.3) is 10.4 Å². The summed E-state index contributed by atoms with van der Waals surface area (Å²) in [5.74, 6) is -1.94. The number of urea groups is 1. The molecule has 0 spiro atoms. The highest BCUT2D eigenvalue weighted by molar-refractivity contribution is 7.19. The van der Waals surface area contributed by atoms with E-state index in [2.05, 4.69) is 10.3 Å². The number of anilines is 1. The lowest BCUT2D eigenvalue weighted by Crippen LogP contribution is -2.43. The first kappa shape index (κ1) is 20.1. The molecular weight excluding hydrogens is 393 g/mol. The number of benzene rings is 1. The average molecular weight is 412 g/mol. The molecule has 3 rings (SSSR count). The summed E-state index contributed by atoms with van der Waals surface area (Å²) in [4.78, 5) is 30.2. The molecular formula is C18H19F3N4O2S. The second-order valence-electron chi connectivity index (χ2n) is 6.41. The molecule has 0 aliphatic carbocycles. The number of rotatable bonds is 3. The molecule has 3 amide bonds. The third kappa shape index (κ3) is 5.22. The van der Waals surface area contributed by atoms with Gasteiger partial charge in [0.1, 0.15) is 0 Å². The Morgan fingerprint density at radius 1 is 1.14 bits per heavy atom. The predicted octanol–water partition coefficient (Wildman–Crippen LogP) is 3.88. The molecule has 28 heavy (non-hydrogen) atoms. The number of amides is 3. The molecule has 1 saturated heterocycles. The van der Waals surface area contributed by atoms with Crippen molar-refractivity contribution < 1.29 is 22.8 Å². The highest BCUT2D eigenvalue weighted by atomic mass is 32.1. The first-order valence-electron chi connectivity index (χ1n) is 8.78. The maximum absolute atomic E-state index is 12.5. The molecule has 1 aliphatic heterocycles. The Labute approximate surface area is 163 Å². The zero-order valence-corrected chi connectivity index (χ0v) is 15.6. The van der Waals surface area contributed by atoms with Crippen LogP contribution < -0.4 is 10.6 Å². The molecule has 2 N–H and O–H groups in total. The number of nitrogens with one attached hydrogen (secondary N) is 2. The zero-order chi connectivity index (χ0) is 20.1. The fraction of sp³-hybridized carbons (Fsp3) is 0.389. The van der Waals surface area contributed by atoms with Gasteiger partial charge in [-0.1, -0.05) is 41.7 Å². The Morgan fingerprint density at radius 3 is 2.61 bits per heavy atom. The van der Waals surface area contributed by atoms with E-state index in [-0.39, 0.29) is 19.0 Å². The molecule has 10 heteroatoms. The number of halogens is 3. The number of likely N-dealkylation sites (tertiary alicyclic amines) is 1. The third-order valence-corrected chi connectivity index (χ3v) is 5.35. The van der Waals surface area contributed by atoms with E-state index in [1.54, 1.807) is 6.20 Å². The van der Waals surface area contributed by atoms with Gasteiger partial charge >= 0.3 is 18.1 Å². The number of nitrogens with zero attached hydrogens (tertiary/aromatic N) is 2. The summed E-state index contributed by atoms with van der Waals surface area (Å²) in [5.41, 5.74) is 0.999. The van der Waals surface area contributed by atoms with Gasteiger partial charge < -0.3 is 10.2 Å². The molecule has 2 aromatic rings. The van der Waals surface area contributed by atoms with E-state index in [0.717, 1.165) is 10.4 Å². The lowest BCUT2D eigenvalue weighted by molar-refractivity contribution is -0.174. The molecule has 0 saturated carbocycles. The topological polar surface area (TPSA) is 74.3 Å². The summed E-state index contributed by atoms with van der Waals surface area (Å²) < 4.78 is 37.2. The number of carbonyl (C=O) groups is 2. The quantitative estimate of drug-likeness (QED) is 0.804. The highest BCUT2D eigenvalue weighted by Crippen LogP contribution is 2.29. The van der Waals surface area contributed by atoms with Crippen LogP contribution in [-0.4, -0.2) is 47.1 Å². The standard InChI is InChI=1S/C18H19F3N4O2S/c19-18(20,21)15(26)23-13-7-4-9-25(10-8-13)17(27)24-16-22-11-14(28-16)12-5-2-1-3-6-12/h1-3,5-6,11,13H,4,7-10H2,(H,23,26)(H,22,24,27). The predicted molar refractivity (Wildman–Crippen MR) is 100.0 cm³/mol. The molecule has 0 bridgehead atoms. The SMILES string of the molecule is O=C(Nc1ncc(-c2ccccc2)s1)N1CCCC(NC(=O)C(F)(F)F)CC1. The van der Waals surface area contributed by atoms with E-state index in [9.17, 15) is 22.8 Å². The van der Waals surface area contributed by atoms with Crippen molar-refractivity contribution in [3.63, 3.8) is 0 Å². The van der Waals surface area contributed by atoms with Crippen molar-refractivity contribution in [2.75, 3.05) is 18.4 Å². The molecule has 1 aromatic heterocycles. The summed E-state index contributed by atoms with van der Waals surface area (Å²) in [6.07, 6.45) is -2.06.